The smallest absolute Gasteiger partial charge is 0.306 e. The molecule has 64 heavy (non-hydrogen) atoms. The number of rotatable bonds is 45. The highest BCUT2D eigenvalue weighted by Gasteiger charge is 2.16. The van der Waals surface area contributed by atoms with Crippen molar-refractivity contribution in [2.75, 3.05) is 13.2 Å². The van der Waals surface area contributed by atoms with Crippen LogP contribution in [0.3, 0.4) is 0 Å². The summed E-state index contributed by atoms with van der Waals surface area (Å²) >= 11 is 0. The van der Waals surface area contributed by atoms with Gasteiger partial charge in [-0.3, -0.25) is 9.59 Å². The first kappa shape index (κ1) is 60.0. The average molecular weight is 883 g/mol. The third-order valence-electron chi connectivity index (χ3n) is 10.4. The van der Waals surface area contributed by atoms with Crippen molar-refractivity contribution in [3.05, 3.63) is 134 Å². The molecule has 0 heterocycles. The molecule has 5 nitrogen and oxygen atoms in total. The van der Waals surface area contributed by atoms with Crippen LogP contribution in [0.15, 0.2) is 134 Å². The summed E-state index contributed by atoms with van der Waals surface area (Å²) < 4.78 is 10.6. The summed E-state index contributed by atoms with van der Waals surface area (Å²) in [5, 5.41) is 9.62. The number of unbranched alkanes of at least 4 members (excludes halogenated alkanes) is 15. The van der Waals surface area contributed by atoms with E-state index in [2.05, 4.69) is 148 Å². The molecule has 360 valence electrons. The molecule has 0 rings (SSSR count). The Balaban J connectivity index is 3.59. The van der Waals surface area contributed by atoms with Crippen LogP contribution in [-0.4, -0.2) is 36.4 Å². The average Bonchev–Trinajstić information content (AvgIpc) is 3.30. The van der Waals surface area contributed by atoms with Crippen molar-refractivity contribution < 1.29 is 24.2 Å². The number of hydrogen-bond acceptors (Lipinski definition) is 5. The van der Waals surface area contributed by atoms with E-state index in [1.165, 1.54) is 57.8 Å². The predicted molar refractivity (Wildman–Crippen MR) is 278 cm³/mol. The molecular weight excluding hydrogens is 789 g/mol. The minimum atomic E-state index is -0.794. The maximum Gasteiger partial charge on any atom is 0.306 e. The molecule has 1 unspecified atom stereocenters. The van der Waals surface area contributed by atoms with Crippen LogP contribution in [0.1, 0.15) is 206 Å². The van der Waals surface area contributed by atoms with Gasteiger partial charge in [0.05, 0.1) is 6.61 Å². The van der Waals surface area contributed by atoms with Crippen LogP contribution in [0.5, 0.6) is 0 Å². The Morgan fingerprint density at radius 3 is 0.938 bits per heavy atom. The molecule has 0 aromatic rings. The van der Waals surface area contributed by atoms with Gasteiger partial charge in [-0.25, -0.2) is 0 Å². The lowest BCUT2D eigenvalue weighted by Crippen LogP contribution is -2.28. The lowest BCUT2D eigenvalue weighted by Gasteiger charge is -2.15. The van der Waals surface area contributed by atoms with Gasteiger partial charge in [-0.2, -0.15) is 0 Å². The van der Waals surface area contributed by atoms with E-state index in [1.807, 2.05) is 0 Å². The fourth-order valence-corrected chi connectivity index (χ4v) is 6.64. The number of esters is 2. The molecule has 0 radical (unpaired) electrons. The maximum atomic E-state index is 12.3. The quantitative estimate of drug-likeness (QED) is 0.0375. The number of ether oxygens (including phenoxy) is 2. The number of carbonyl (C=O) groups is 2. The van der Waals surface area contributed by atoms with E-state index in [4.69, 9.17) is 9.47 Å². The number of hydrogen-bond donors (Lipinski definition) is 1. The molecule has 0 saturated heterocycles. The first-order chi connectivity index (χ1) is 31.6. The SMILES string of the molecule is CC/C=C\C/C=C\C/C=C\C/C=C\C/C=C\C/C=C\C/C=C\CCCCCCCCCCCCCC(=O)OC(CO)COC(=O)CCCCCC/C=C\C/C=C\C/C=C\C/C=C\CC. The fourth-order valence-electron chi connectivity index (χ4n) is 6.64. The van der Waals surface area contributed by atoms with E-state index in [0.717, 1.165) is 122 Å². The normalized spacial score (nSPS) is 13.4. The Morgan fingerprint density at radius 2 is 0.625 bits per heavy atom. The third-order valence-corrected chi connectivity index (χ3v) is 10.4. The van der Waals surface area contributed by atoms with Gasteiger partial charge < -0.3 is 14.6 Å². The van der Waals surface area contributed by atoms with E-state index in [9.17, 15) is 14.7 Å². The van der Waals surface area contributed by atoms with Crippen molar-refractivity contribution >= 4 is 11.9 Å². The zero-order valence-corrected chi connectivity index (χ0v) is 41.0. The standard InChI is InChI=1S/C59H94O5/c1-3-5-7-9-11-13-15-17-19-21-22-23-24-25-26-27-28-29-30-31-32-33-34-35-36-38-40-42-44-46-48-50-52-54-59(62)64-57(55-60)56-63-58(61)53-51-49-47-45-43-41-39-37-20-18-16-14-12-10-8-6-4-2/h5-8,11-14,17-20,22-23,25-26,28-29,31-32,39,41,57,60H,3-4,9-10,15-16,21,24,27,30,33-38,40,42-56H2,1-2H3/b7-5-,8-6-,13-11-,14-12-,19-17-,20-18-,23-22-,26-25-,29-28-,32-31-,41-39-. The topological polar surface area (TPSA) is 72.8 Å². The van der Waals surface area contributed by atoms with Crippen molar-refractivity contribution in [1.29, 1.82) is 0 Å². The van der Waals surface area contributed by atoms with Gasteiger partial charge in [0.25, 0.3) is 0 Å². The van der Waals surface area contributed by atoms with Gasteiger partial charge >= 0.3 is 11.9 Å². The molecule has 0 aliphatic rings. The van der Waals surface area contributed by atoms with Gasteiger partial charge in [0, 0.05) is 12.8 Å². The van der Waals surface area contributed by atoms with E-state index in [1.54, 1.807) is 0 Å². The molecule has 0 spiro atoms. The Morgan fingerprint density at radius 1 is 0.359 bits per heavy atom. The monoisotopic (exact) mass is 883 g/mol. The minimum Gasteiger partial charge on any atom is -0.462 e. The van der Waals surface area contributed by atoms with Crippen molar-refractivity contribution in [3.63, 3.8) is 0 Å². The number of aliphatic hydroxyl groups excluding tert-OH is 1. The van der Waals surface area contributed by atoms with Gasteiger partial charge in [0.15, 0.2) is 6.10 Å². The zero-order valence-electron chi connectivity index (χ0n) is 41.0. The molecule has 1 N–H and O–H groups in total. The number of aliphatic hydroxyl groups is 1. The molecule has 0 aliphatic carbocycles. The summed E-state index contributed by atoms with van der Waals surface area (Å²) in [4.78, 5) is 24.4. The largest absolute Gasteiger partial charge is 0.462 e. The van der Waals surface area contributed by atoms with Gasteiger partial charge in [-0.05, 0) is 109 Å². The highest BCUT2D eigenvalue weighted by molar-refractivity contribution is 5.70. The summed E-state index contributed by atoms with van der Waals surface area (Å²) in [6.45, 7) is 3.88. The summed E-state index contributed by atoms with van der Waals surface area (Å²) in [5.41, 5.74) is 0. The van der Waals surface area contributed by atoms with Crippen molar-refractivity contribution in [2.24, 2.45) is 0 Å². The predicted octanol–water partition coefficient (Wildman–Crippen LogP) is 17.3. The molecule has 0 saturated carbocycles. The Bertz CT molecular complexity index is 1370. The molecule has 0 fully saturated rings. The second-order valence-electron chi connectivity index (χ2n) is 16.5. The zero-order chi connectivity index (χ0) is 46.3. The number of carbonyl (C=O) groups excluding carboxylic acids is 2. The van der Waals surface area contributed by atoms with Crippen molar-refractivity contribution in [1.82, 2.24) is 0 Å². The third kappa shape index (κ3) is 50.7. The summed E-state index contributed by atoms with van der Waals surface area (Å²) in [6.07, 6.45) is 79.7. The molecule has 0 amide bonds. The van der Waals surface area contributed by atoms with Gasteiger partial charge in [0.2, 0.25) is 0 Å². The highest BCUT2D eigenvalue weighted by Crippen LogP contribution is 2.14. The van der Waals surface area contributed by atoms with Gasteiger partial charge in [-0.1, -0.05) is 218 Å². The molecular formula is C59H94O5. The van der Waals surface area contributed by atoms with E-state index in [0.29, 0.717) is 12.8 Å². The van der Waals surface area contributed by atoms with Gasteiger partial charge in [-0.15, -0.1) is 0 Å². The van der Waals surface area contributed by atoms with Crippen LogP contribution in [0.2, 0.25) is 0 Å². The second kappa shape index (κ2) is 53.4. The number of allylic oxidation sites excluding steroid dienone is 22. The lowest BCUT2D eigenvalue weighted by atomic mass is 10.0. The fraction of sp³-hybridized carbons (Fsp3) is 0.593. The van der Waals surface area contributed by atoms with Crippen molar-refractivity contribution in [2.45, 2.75) is 213 Å². The van der Waals surface area contributed by atoms with Gasteiger partial charge in [0.1, 0.15) is 6.61 Å². The Hall–Kier alpha value is -3.96. The second-order valence-corrected chi connectivity index (χ2v) is 16.5. The summed E-state index contributed by atoms with van der Waals surface area (Å²) in [5.74, 6) is -0.631. The van der Waals surface area contributed by atoms with E-state index in [-0.39, 0.29) is 25.2 Å². The highest BCUT2D eigenvalue weighted by atomic mass is 16.6. The van der Waals surface area contributed by atoms with E-state index >= 15 is 0 Å². The molecule has 1 atom stereocenters. The van der Waals surface area contributed by atoms with E-state index < -0.39 is 6.10 Å². The summed E-state index contributed by atoms with van der Waals surface area (Å²) in [6, 6.07) is 0. The minimum absolute atomic E-state index is 0.0876. The molecule has 5 heteroatoms. The lowest BCUT2D eigenvalue weighted by molar-refractivity contribution is -0.161. The van der Waals surface area contributed by atoms with Crippen LogP contribution in [0, 0.1) is 0 Å². The Kier molecular flexibility index (Phi) is 50.1. The van der Waals surface area contributed by atoms with Crippen LogP contribution in [0.25, 0.3) is 0 Å². The van der Waals surface area contributed by atoms with Crippen LogP contribution < -0.4 is 0 Å². The van der Waals surface area contributed by atoms with Crippen LogP contribution in [0.4, 0.5) is 0 Å². The van der Waals surface area contributed by atoms with Crippen molar-refractivity contribution in [3.8, 4) is 0 Å². The molecule has 0 aromatic carbocycles. The first-order valence-electron chi connectivity index (χ1n) is 25.7. The maximum absolute atomic E-state index is 12.3. The van der Waals surface area contributed by atoms with Crippen LogP contribution in [-0.2, 0) is 19.1 Å². The first-order valence-corrected chi connectivity index (χ1v) is 25.7. The molecule has 0 aliphatic heterocycles. The van der Waals surface area contributed by atoms with Crippen LogP contribution >= 0.6 is 0 Å². The summed E-state index contributed by atoms with van der Waals surface area (Å²) in [7, 11) is 0. The Labute approximate surface area is 394 Å². The molecule has 0 aromatic heterocycles. The molecule has 0 bridgehead atoms.